The number of hydrogen-bond donors (Lipinski definition) is 2. The molecule has 2 aromatic carbocycles. The highest BCUT2D eigenvalue weighted by molar-refractivity contribution is 5.89. The number of phenols is 1. The molecule has 2 heterocycles. The molecule has 2 fully saturated rings. The van der Waals surface area contributed by atoms with Gasteiger partial charge in [-0.15, -0.1) is 0 Å². The van der Waals surface area contributed by atoms with Gasteiger partial charge in [-0.2, -0.15) is 0 Å². The van der Waals surface area contributed by atoms with Gasteiger partial charge in [-0.1, -0.05) is 24.6 Å². The topological polar surface area (TPSA) is 41.5 Å². The van der Waals surface area contributed by atoms with Crippen LogP contribution < -0.4 is 10.1 Å². The van der Waals surface area contributed by atoms with Crippen LogP contribution in [0.5, 0.6) is 11.5 Å². The molecule has 0 aliphatic carbocycles. The van der Waals surface area contributed by atoms with Crippen LogP contribution in [0.15, 0.2) is 36.4 Å². The lowest BCUT2D eigenvalue weighted by atomic mass is 9.85. The fourth-order valence-electron chi connectivity index (χ4n) is 3.82. The first-order valence-electron chi connectivity index (χ1n) is 7.92. The molecule has 3 nitrogen and oxygen atoms in total. The van der Waals surface area contributed by atoms with Gasteiger partial charge in [-0.25, -0.2) is 0 Å². The van der Waals surface area contributed by atoms with Gasteiger partial charge >= 0.3 is 0 Å². The summed E-state index contributed by atoms with van der Waals surface area (Å²) in [5.41, 5.74) is 0. The molecule has 4 rings (SSSR count). The van der Waals surface area contributed by atoms with E-state index in [9.17, 15) is 5.11 Å². The van der Waals surface area contributed by atoms with Crippen molar-refractivity contribution in [2.75, 3.05) is 0 Å². The maximum Gasteiger partial charge on any atom is 0.127 e. The Kier molecular flexibility index (Phi) is 3.23. The fourth-order valence-corrected chi connectivity index (χ4v) is 3.82. The summed E-state index contributed by atoms with van der Waals surface area (Å²) in [6, 6.07) is 12.8. The molecule has 2 atom stereocenters. The lowest BCUT2D eigenvalue weighted by Gasteiger charge is -2.40. The molecular weight excluding hydrogens is 262 g/mol. The number of piperidine rings is 2. The lowest BCUT2D eigenvalue weighted by molar-refractivity contribution is 0.0939. The van der Waals surface area contributed by atoms with Gasteiger partial charge in [0.1, 0.15) is 17.6 Å². The van der Waals surface area contributed by atoms with E-state index >= 15 is 0 Å². The Hall–Kier alpha value is -1.74. The zero-order valence-corrected chi connectivity index (χ0v) is 12.1. The van der Waals surface area contributed by atoms with E-state index in [-0.39, 0.29) is 6.10 Å². The molecule has 2 unspecified atom stereocenters. The molecule has 2 N–H and O–H groups in total. The van der Waals surface area contributed by atoms with E-state index in [1.807, 2.05) is 18.2 Å². The smallest absolute Gasteiger partial charge is 0.127 e. The number of benzene rings is 2. The van der Waals surface area contributed by atoms with Crippen molar-refractivity contribution in [3.8, 4) is 11.5 Å². The summed E-state index contributed by atoms with van der Waals surface area (Å²) >= 11 is 0. The standard InChI is InChI=1S/C18H21NO2/c20-15-8-7-12-3-1-6-18(17(12)11-15)21-16-9-13-4-2-5-14(10-16)19-13/h1,3,6-8,11,13-14,16,19-20H,2,4-5,9-10H2. The van der Waals surface area contributed by atoms with E-state index in [0.717, 1.165) is 29.4 Å². The highest BCUT2D eigenvalue weighted by atomic mass is 16.5. The Bertz CT molecular complexity index is 643. The third-order valence-corrected chi connectivity index (χ3v) is 4.79. The van der Waals surface area contributed by atoms with Crippen LogP contribution in [0.25, 0.3) is 10.8 Å². The van der Waals surface area contributed by atoms with Gasteiger partial charge in [0.05, 0.1) is 0 Å². The highest BCUT2D eigenvalue weighted by Gasteiger charge is 2.32. The first-order valence-corrected chi connectivity index (χ1v) is 7.92. The van der Waals surface area contributed by atoms with Crippen LogP contribution in [-0.4, -0.2) is 23.3 Å². The molecule has 0 radical (unpaired) electrons. The Morgan fingerprint density at radius 3 is 2.67 bits per heavy atom. The summed E-state index contributed by atoms with van der Waals surface area (Å²) in [5.74, 6) is 1.19. The molecule has 0 spiro atoms. The number of fused-ring (bicyclic) bond motifs is 3. The third kappa shape index (κ3) is 2.58. The minimum absolute atomic E-state index is 0.287. The van der Waals surface area contributed by atoms with E-state index < -0.39 is 0 Å². The Labute approximate surface area is 124 Å². The van der Waals surface area contributed by atoms with Crippen molar-refractivity contribution < 1.29 is 9.84 Å². The second-order valence-electron chi connectivity index (χ2n) is 6.36. The minimum atomic E-state index is 0.287. The number of ether oxygens (including phenoxy) is 1. The molecule has 0 saturated carbocycles. The van der Waals surface area contributed by atoms with Gasteiger partial charge in [-0.3, -0.25) is 0 Å². The van der Waals surface area contributed by atoms with E-state index in [0.29, 0.717) is 17.8 Å². The summed E-state index contributed by atoms with van der Waals surface area (Å²) < 4.78 is 6.31. The predicted molar refractivity (Wildman–Crippen MR) is 83.8 cm³/mol. The minimum Gasteiger partial charge on any atom is -0.508 e. The SMILES string of the molecule is Oc1ccc2cccc(OC3CC4CCCC(C3)N4)c2c1. The molecule has 0 aromatic heterocycles. The van der Waals surface area contributed by atoms with Gasteiger partial charge in [0, 0.05) is 17.5 Å². The second-order valence-corrected chi connectivity index (χ2v) is 6.36. The number of aromatic hydroxyl groups is 1. The average molecular weight is 283 g/mol. The number of nitrogens with one attached hydrogen (secondary N) is 1. The van der Waals surface area contributed by atoms with E-state index in [4.69, 9.17) is 4.74 Å². The van der Waals surface area contributed by atoms with Gasteiger partial charge in [0.25, 0.3) is 0 Å². The predicted octanol–water partition coefficient (Wildman–Crippen LogP) is 3.60. The van der Waals surface area contributed by atoms with Gasteiger partial charge in [-0.05, 0) is 49.3 Å². The zero-order valence-electron chi connectivity index (χ0n) is 12.1. The maximum atomic E-state index is 9.73. The maximum absolute atomic E-state index is 9.73. The summed E-state index contributed by atoms with van der Waals surface area (Å²) in [4.78, 5) is 0. The Morgan fingerprint density at radius 1 is 1.05 bits per heavy atom. The van der Waals surface area contributed by atoms with Crippen molar-refractivity contribution in [2.45, 2.75) is 50.3 Å². The van der Waals surface area contributed by atoms with Crippen LogP contribution in [0, 0.1) is 0 Å². The van der Waals surface area contributed by atoms with Gasteiger partial charge in [0.2, 0.25) is 0 Å². The molecule has 2 bridgehead atoms. The number of phenolic OH excluding ortho intramolecular Hbond substituents is 1. The molecule has 21 heavy (non-hydrogen) atoms. The molecule has 3 heteroatoms. The van der Waals surface area contributed by atoms with Crippen LogP contribution in [0.3, 0.4) is 0 Å². The molecular formula is C18H21NO2. The normalized spacial score (nSPS) is 28.5. The van der Waals surface area contributed by atoms with E-state index in [1.165, 1.54) is 19.3 Å². The first-order chi connectivity index (χ1) is 10.3. The molecule has 2 aromatic rings. The Morgan fingerprint density at radius 2 is 1.86 bits per heavy atom. The van der Waals surface area contributed by atoms with Crippen LogP contribution in [0.2, 0.25) is 0 Å². The fraction of sp³-hybridized carbons (Fsp3) is 0.444. The van der Waals surface area contributed by atoms with Crippen molar-refractivity contribution in [3.63, 3.8) is 0 Å². The average Bonchev–Trinajstić information content (AvgIpc) is 2.47. The third-order valence-electron chi connectivity index (χ3n) is 4.79. The van der Waals surface area contributed by atoms with Gasteiger partial charge < -0.3 is 15.2 Å². The van der Waals surface area contributed by atoms with E-state index in [1.54, 1.807) is 12.1 Å². The Balaban J connectivity index is 1.61. The summed E-state index contributed by atoms with van der Waals surface area (Å²) in [6.45, 7) is 0. The van der Waals surface area contributed by atoms with Crippen LogP contribution in [0.1, 0.15) is 32.1 Å². The molecule has 0 amide bonds. The van der Waals surface area contributed by atoms with E-state index in [2.05, 4.69) is 11.4 Å². The number of hydrogen-bond acceptors (Lipinski definition) is 3. The lowest BCUT2D eigenvalue weighted by Crippen LogP contribution is -2.51. The molecule has 2 saturated heterocycles. The monoisotopic (exact) mass is 283 g/mol. The van der Waals surface area contributed by atoms with Crippen molar-refractivity contribution in [3.05, 3.63) is 36.4 Å². The van der Waals surface area contributed by atoms with Crippen molar-refractivity contribution >= 4 is 10.8 Å². The zero-order chi connectivity index (χ0) is 14.2. The molecule has 2 aliphatic rings. The van der Waals surface area contributed by atoms with Crippen LogP contribution in [-0.2, 0) is 0 Å². The molecule has 2 aliphatic heterocycles. The largest absolute Gasteiger partial charge is 0.508 e. The van der Waals surface area contributed by atoms with Crippen molar-refractivity contribution in [1.29, 1.82) is 0 Å². The number of rotatable bonds is 2. The second kappa shape index (κ2) is 5.23. The van der Waals surface area contributed by atoms with Gasteiger partial charge in [0.15, 0.2) is 0 Å². The van der Waals surface area contributed by atoms with Crippen LogP contribution in [0.4, 0.5) is 0 Å². The first kappa shape index (κ1) is 13.0. The highest BCUT2D eigenvalue weighted by Crippen LogP contribution is 2.33. The van der Waals surface area contributed by atoms with Crippen LogP contribution >= 0.6 is 0 Å². The quantitative estimate of drug-likeness (QED) is 0.885. The summed E-state index contributed by atoms with van der Waals surface area (Å²) in [7, 11) is 0. The summed E-state index contributed by atoms with van der Waals surface area (Å²) in [6.07, 6.45) is 6.35. The molecule has 110 valence electrons. The summed E-state index contributed by atoms with van der Waals surface area (Å²) in [5, 5.41) is 15.5. The van der Waals surface area contributed by atoms with Crippen molar-refractivity contribution in [1.82, 2.24) is 5.32 Å². The van der Waals surface area contributed by atoms with Crippen molar-refractivity contribution in [2.24, 2.45) is 0 Å².